The van der Waals surface area contributed by atoms with Gasteiger partial charge in [-0.05, 0) is 89.5 Å². The standard InChI is InChI=1S/C37H45N3O2/c1-26-10-8-13-28(24-26)14-9-21-39(4)30-17-19-37(38(2)3)32-25-29-15-16-31(41)34-33(29)36(37,35(30)42-34)20-23-40(32)22-18-27-11-6-5-7-12-27/h5-16,24,30,32,35,41H,17-23,25H2,1-4H3/b14-9+/t30?,32-,35?,36+,37-/m1/s1. The van der Waals surface area contributed by atoms with E-state index in [9.17, 15) is 5.11 Å². The Balaban J connectivity index is 1.24. The van der Waals surface area contributed by atoms with E-state index in [-0.39, 0.29) is 23.1 Å². The van der Waals surface area contributed by atoms with Crippen LogP contribution >= 0.6 is 0 Å². The Morgan fingerprint density at radius 2 is 1.86 bits per heavy atom. The summed E-state index contributed by atoms with van der Waals surface area (Å²) in [6.07, 6.45) is 9.86. The molecule has 2 fully saturated rings. The summed E-state index contributed by atoms with van der Waals surface area (Å²) < 4.78 is 7.00. The minimum Gasteiger partial charge on any atom is -0.504 e. The molecule has 0 radical (unpaired) electrons. The predicted octanol–water partition coefficient (Wildman–Crippen LogP) is 5.68. The van der Waals surface area contributed by atoms with Gasteiger partial charge in [-0.1, -0.05) is 78.4 Å². The van der Waals surface area contributed by atoms with Crippen molar-refractivity contribution in [2.75, 3.05) is 40.8 Å². The quantitative estimate of drug-likeness (QED) is 0.382. The number of piperidine rings is 1. The molecule has 2 aliphatic carbocycles. The number of nitrogens with zero attached hydrogens (tertiary/aromatic N) is 3. The maximum absolute atomic E-state index is 11.1. The van der Waals surface area contributed by atoms with E-state index in [0.717, 1.165) is 57.5 Å². The average Bonchev–Trinajstić information content (AvgIpc) is 3.33. The third kappa shape index (κ3) is 4.08. The smallest absolute Gasteiger partial charge is 0.165 e. The zero-order chi connectivity index (χ0) is 29.1. The van der Waals surface area contributed by atoms with Gasteiger partial charge in [-0.2, -0.15) is 0 Å². The minimum absolute atomic E-state index is 0.00661. The van der Waals surface area contributed by atoms with Crippen LogP contribution in [-0.2, 0) is 18.3 Å². The van der Waals surface area contributed by atoms with E-state index in [2.05, 4.69) is 116 Å². The number of benzene rings is 3. The maximum Gasteiger partial charge on any atom is 0.165 e. The molecule has 4 aliphatic rings. The summed E-state index contributed by atoms with van der Waals surface area (Å²) in [6.45, 7) is 5.14. The largest absolute Gasteiger partial charge is 0.504 e. The second kappa shape index (κ2) is 10.6. The van der Waals surface area contributed by atoms with E-state index in [0.29, 0.717) is 11.8 Å². The number of phenolic OH excluding ortho intramolecular Hbond substituents is 1. The molecule has 220 valence electrons. The van der Waals surface area contributed by atoms with Crippen LogP contribution in [0.2, 0.25) is 0 Å². The summed E-state index contributed by atoms with van der Waals surface area (Å²) in [4.78, 5) is 7.84. The van der Waals surface area contributed by atoms with Crippen LogP contribution in [0.5, 0.6) is 11.5 Å². The van der Waals surface area contributed by atoms with Gasteiger partial charge in [0.15, 0.2) is 11.5 Å². The number of rotatable bonds is 8. The molecular weight excluding hydrogens is 518 g/mol. The lowest BCUT2D eigenvalue weighted by Gasteiger charge is -2.69. The second-order valence-electron chi connectivity index (χ2n) is 13.4. The van der Waals surface area contributed by atoms with Crippen LogP contribution in [0, 0.1) is 6.92 Å². The van der Waals surface area contributed by atoms with Crippen LogP contribution < -0.4 is 4.74 Å². The van der Waals surface area contributed by atoms with E-state index in [1.54, 1.807) is 0 Å². The number of likely N-dealkylation sites (tertiary alicyclic amines) is 1. The summed E-state index contributed by atoms with van der Waals surface area (Å²) in [5.41, 5.74) is 6.43. The second-order valence-corrected chi connectivity index (χ2v) is 13.4. The number of phenols is 1. The lowest BCUT2D eigenvalue weighted by atomic mass is 9.46. The van der Waals surface area contributed by atoms with Gasteiger partial charge < -0.3 is 14.7 Å². The molecule has 3 aromatic rings. The molecule has 1 spiro atoms. The minimum atomic E-state index is -0.149. The third-order valence-corrected chi connectivity index (χ3v) is 11.2. The van der Waals surface area contributed by atoms with Crippen molar-refractivity contribution >= 4 is 6.08 Å². The van der Waals surface area contributed by atoms with Gasteiger partial charge in [-0.25, -0.2) is 0 Å². The first kappa shape index (κ1) is 27.7. The molecule has 0 amide bonds. The monoisotopic (exact) mass is 563 g/mol. The summed E-state index contributed by atoms with van der Waals surface area (Å²) in [5, 5.41) is 11.1. The molecule has 1 N–H and O–H groups in total. The van der Waals surface area contributed by atoms with Gasteiger partial charge in [0.05, 0.1) is 5.41 Å². The summed E-state index contributed by atoms with van der Waals surface area (Å²) >= 11 is 0. The predicted molar refractivity (Wildman–Crippen MR) is 170 cm³/mol. The van der Waals surface area contributed by atoms with E-state index in [1.165, 1.54) is 27.8 Å². The number of aryl methyl sites for hydroxylation is 1. The molecule has 1 saturated carbocycles. The highest BCUT2D eigenvalue weighted by Crippen LogP contribution is 2.67. The molecule has 42 heavy (non-hydrogen) atoms. The first-order valence-electron chi connectivity index (χ1n) is 15.8. The Morgan fingerprint density at radius 1 is 1.02 bits per heavy atom. The van der Waals surface area contributed by atoms with Crippen LogP contribution in [0.4, 0.5) is 0 Å². The van der Waals surface area contributed by atoms with Gasteiger partial charge in [0.1, 0.15) is 6.10 Å². The third-order valence-electron chi connectivity index (χ3n) is 11.2. The first-order valence-corrected chi connectivity index (χ1v) is 15.8. The zero-order valence-electron chi connectivity index (χ0n) is 25.6. The Kier molecular flexibility index (Phi) is 6.96. The van der Waals surface area contributed by atoms with E-state index < -0.39 is 0 Å². The zero-order valence-corrected chi connectivity index (χ0v) is 25.6. The fourth-order valence-corrected chi connectivity index (χ4v) is 9.43. The Bertz CT molecular complexity index is 1490. The van der Waals surface area contributed by atoms with Crippen molar-refractivity contribution < 1.29 is 9.84 Å². The van der Waals surface area contributed by atoms with Gasteiger partial charge >= 0.3 is 0 Å². The average molecular weight is 564 g/mol. The maximum atomic E-state index is 11.1. The Hall–Kier alpha value is -3.12. The number of aromatic hydroxyl groups is 1. The highest BCUT2D eigenvalue weighted by molar-refractivity contribution is 5.63. The molecule has 5 atom stereocenters. The molecule has 5 heteroatoms. The van der Waals surface area contributed by atoms with Gasteiger partial charge in [0, 0.05) is 36.3 Å². The SMILES string of the molecule is Cc1cccc(/C=C/CN(C)C2CC[C@@]3(N(C)C)[C@H]4Cc5ccc(O)c6c5[C@@]3(CCN4CCc3ccccc3)C2O6)c1. The van der Waals surface area contributed by atoms with Crippen LogP contribution in [0.1, 0.15) is 47.1 Å². The molecule has 3 aromatic carbocycles. The van der Waals surface area contributed by atoms with Gasteiger partial charge in [0.2, 0.25) is 0 Å². The Morgan fingerprint density at radius 3 is 2.64 bits per heavy atom. The van der Waals surface area contributed by atoms with Gasteiger partial charge in [-0.3, -0.25) is 9.80 Å². The van der Waals surface area contributed by atoms with Gasteiger partial charge in [-0.15, -0.1) is 0 Å². The van der Waals surface area contributed by atoms with Crippen LogP contribution in [0.25, 0.3) is 6.08 Å². The van der Waals surface area contributed by atoms with Crippen molar-refractivity contribution in [3.8, 4) is 11.5 Å². The van der Waals surface area contributed by atoms with Crippen LogP contribution in [0.3, 0.4) is 0 Å². The molecule has 2 aliphatic heterocycles. The molecule has 1 saturated heterocycles. The molecule has 0 aromatic heterocycles. The highest BCUT2D eigenvalue weighted by Gasteiger charge is 2.74. The van der Waals surface area contributed by atoms with E-state index in [4.69, 9.17) is 4.74 Å². The number of ether oxygens (including phenoxy) is 1. The fraction of sp³-hybridized carbons (Fsp3) is 0.459. The lowest BCUT2D eigenvalue weighted by Crippen LogP contribution is -2.82. The van der Waals surface area contributed by atoms with Crippen molar-refractivity contribution in [1.29, 1.82) is 0 Å². The van der Waals surface area contributed by atoms with Crippen LogP contribution in [0.15, 0.2) is 72.8 Å². The molecule has 2 bridgehead atoms. The lowest BCUT2D eigenvalue weighted by molar-refractivity contribution is -0.153. The first-order chi connectivity index (χ1) is 20.3. The number of hydrogen-bond acceptors (Lipinski definition) is 5. The van der Waals surface area contributed by atoms with Gasteiger partial charge in [0.25, 0.3) is 0 Å². The molecule has 5 nitrogen and oxygen atoms in total. The molecular formula is C37H45N3O2. The van der Waals surface area contributed by atoms with Crippen molar-refractivity contribution in [2.45, 2.75) is 68.2 Å². The molecule has 2 unspecified atom stereocenters. The highest BCUT2D eigenvalue weighted by atomic mass is 16.5. The summed E-state index contributed by atoms with van der Waals surface area (Å²) in [6, 6.07) is 24.3. The fourth-order valence-electron chi connectivity index (χ4n) is 9.43. The Labute approximate surface area is 251 Å². The van der Waals surface area contributed by atoms with Crippen molar-refractivity contribution in [3.05, 3.63) is 101 Å². The van der Waals surface area contributed by atoms with Crippen molar-refractivity contribution in [1.82, 2.24) is 14.7 Å². The topological polar surface area (TPSA) is 39.2 Å². The molecule has 2 heterocycles. The molecule has 7 rings (SSSR count). The van der Waals surface area contributed by atoms with E-state index >= 15 is 0 Å². The van der Waals surface area contributed by atoms with Crippen molar-refractivity contribution in [2.24, 2.45) is 0 Å². The number of likely N-dealkylation sites (N-methyl/N-ethyl adjacent to an activating group) is 2. The normalized spacial score (nSPS) is 29.7. The summed E-state index contributed by atoms with van der Waals surface area (Å²) in [7, 11) is 6.85. The summed E-state index contributed by atoms with van der Waals surface area (Å²) in [5.74, 6) is 1.06. The van der Waals surface area contributed by atoms with Crippen molar-refractivity contribution in [3.63, 3.8) is 0 Å². The van der Waals surface area contributed by atoms with E-state index in [1.807, 2.05) is 6.07 Å². The number of hydrogen-bond donors (Lipinski definition) is 1. The van der Waals surface area contributed by atoms with Crippen LogP contribution in [-0.4, -0.2) is 84.3 Å².